The van der Waals surface area contributed by atoms with Gasteiger partial charge < -0.3 is 19.2 Å². The van der Waals surface area contributed by atoms with Crippen LogP contribution in [0.4, 0.5) is 0 Å². The standard InChI is InChI=1S/C30H28Cl2N4O2/c1-35-20-33-34-29(35)28(38-19-21-9-11-24(31)12-10-21)26-8-5-14-30-13-2-3-15-36(30,37)18-23(17-27(26)30)22-6-4-7-25(32)16-22/h4-12,14,16-18,20,28H,2-3,13,15,19H2,1H3. The first-order valence-corrected chi connectivity index (χ1v) is 13.5. The fourth-order valence-electron chi connectivity index (χ4n) is 5.87. The highest BCUT2D eigenvalue weighted by Crippen LogP contribution is 2.53. The topological polar surface area (TPSA) is 63.0 Å². The number of aryl methyl sites for hydroxylation is 1. The van der Waals surface area contributed by atoms with E-state index in [1.165, 1.54) is 0 Å². The van der Waals surface area contributed by atoms with Crippen LogP contribution in [0.1, 0.15) is 42.3 Å². The van der Waals surface area contributed by atoms with Crippen LogP contribution in [0.15, 0.2) is 96.5 Å². The molecule has 0 radical (unpaired) electrons. The summed E-state index contributed by atoms with van der Waals surface area (Å²) in [7, 11) is 1.91. The highest BCUT2D eigenvalue weighted by atomic mass is 35.5. The molecule has 3 heterocycles. The van der Waals surface area contributed by atoms with Crippen LogP contribution in [-0.2, 0) is 18.4 Å². The molecule has 0 saturated carbocycles. The van der Waals surface area contributed by atoms with E-state index in [0.717, 1.165) is 47.1 Å². The number of allylic oxidation sites excluding steroid dienone is 4. The van der Waals surface area contributed by atoms with Gasteiger partial charge in [0.15, 0.2) is 5.82 Å². The fraction of sp³-hybridized carbons (Fsp3) is 0.267. The van der Waals surface area contributed by atoms with Gasteiger partial charge in [0.05, 0.1) is 13.2 Å². The van der Waals surface area contributed by atoms with Gasteiger partial charge in [-0.15, -0.1) is 10.2 Å². The molecule has 194 valence electrons. The average molecular weight is 547 g/mol. The van der Waals surface area contributed by atoms with Crippen LogP contribution in [-0.4, -0.2) is 31.5 Å². The van der Waals surface area contributed by atoms with E-state index in [-0.39, 0.29) is 0 Å². The minimum Gasteiger partial charge on any atom is -0.627 e. The summed E-state index contributed by atoms with van der Waals surface area (Å²) in [6.45, 7) is 0.865. The zero-order chi connectivity index (χ0) is 26.3. The van der Waals surface area contributed by atoms with Crippen LogP contribution in [0.5, 0.6) is 0 Å². The van der Waals surface area contributed by atoms with Crippen molar-refractivity contribution in [3.63, 3.8) is 0 Å². The number of nitrogens with zero attached hydrogens (tertiary/aromatic N) is 4. The lowest BCUT2D eigenvalue weighted by Gasteiger charge is -2.59. The van der Waals surface area contributed by atoms with E-state index in [2.05, 4.69) is 28.4 Å². The van der Waals surface area contributed by atoms with Crippen LogP contribution in [0.3, 0.4) is 0 Å². The van der Waals surface area contributed by atoms with Crippen molar-refractivity contribution >= 4 is 28.8 Å². The zero-order valence-electron chi connectivity index (χ0n) is 21.1. The molecule has 1 fully saturated rings. The summed E-state index contributed by atoms with van der Waals surface area (Å²) < 4.78 is 8.03. The lowest BCUT2D eigenvalue weighted by Crippen LogP contribution is -2.62. The van der Waals surface area contributed by atoms with Crippen LogP contribution >= 0.6 is 23.2 Å². The van der Waals surface area contributed by atoms with Crippen LogP contribution < -0.4 is 0 Å². The second-order valence-electron chi connectivity index (χ2n) is 10.2. The summed E-state index contributed by atoms with van der Waals surface area (Å²) in [6, 6.07) is 15.3. The summed E-state index contributed by atoms with van der Waals surface area (Å²) >= 11 is 12.4. The predicted molar refractivity (Wildman–Crippen MR) is 150 cm³/mol. The molecule has 1 aliphatic carbocycles. The Morgan fingerprint density at radius 2 is 1.97 bits per heavy atom. The normalized spacial score (nSPS) is 25.1. The van der Waals surface area contributed by atoms with Crippen molar-refractivity contribution in [2.24, 2.45) is 7.05 Å². The molecule has 1 aromatic heterocycles. The van der Waals surface area contributed by atoms with Crippen LogP contribution in [0.25, 0.3) is 5.57 Å². The van der Waals surface area contributed by atoms with Crippen LogP contribution in [0.2, 0.25) is 10.0 Å². The SMILES string of the molecule is Cn1cnnc1C(OCc1ccc(Cl)cc1)C1=CC=CC23CCCC[N+]2([O-])C=C(c2cccc(Cl)c2)C=C13. The van der Waals surface area contributed by atoms with Gasteiger partial charge in [-0.1, -0.05) is 59.6 Å². The highest BCUT2D eigenvalue weighted by Gasteiger charge is 2.53. The Morgan fingerprint density at radius 1 is 1.13 bits per heavy atom. The Bertz CT molecular complexity index is 1490. The number of aromatic nitrogens is 3. The molecule has 1 spiro atoms. The first kappa shape index (κ1) is 25.3. The molecule has 6 nitrogen and oxygen atoms in total. The number of hydrogen-bond donors (Lipinski definition) is 0. The number of rotatable bonds is 6. The van der Waals surface area contributed by atoms with Crippen molar-refractivity contribution in [1.82, 2.24) is 14.8 Å². The smallest absolute Gasteiger partial charge is 0.166 e. The number of ether oxygens (including phenoxy) is 1. The molecule has 1 saturated heterocycles. The number of benzene rings is 2. The molecule has 3 aromatic rings. The lowest BCUT2D eigenvalue weighted by atomic mass is 9.70. The third kappa shape index (κ3) is 4.36. The Kier molecular flexibility index (Phi) is 6.62. The molecule has 0 amide bonds. The first-order valence-electron chi connectivity index (χ1n) is 12.8. The lowest BCUT2D eigenvalue weighted by molar-refractivity contribution is -0.876. The quantitative estimate of drug-likeness (QED) is 0.244. The second kappa shape index (κ2) is 9.95. The molecular weight excluding hydrogens is 519 g/mol. The van der Waals surface area contributed by atoms with Crippen molar-refractivity contribution in [2.45, 2.75) is 37.5 Å². The van der Waals surface area contributed by atoms with Crippen molar-refractivity contribution in [3.8, 4) is 0 Å². The van der Waals surface area contributed by atoms with E-state index < -0.39 is 16.3 Å². The average Bonchev–Trinajstić information content (AvgIpc) is 3.34. The number of hydrogen-bond acceptors (Lipinski definition) is 4. The van der Waals surface area contributed by atoms with Crippen molar-refractivity contribution in [1.29, 1.82) is 0 Å². The number of piperidine rings is 1. The maximum atomic E-state index is 14.7. The molecule has 3 atom stereocenters. The Hall–Kier alpha value is -3.00. The van der Waals surface area contributed by atoms with E-state index >= 15 is 0 Å². The van der Waals surface area contributed by atoms with E-state index in [9.17, 15) is 5.21 Å². The molecule has 2 aliphatic heterocycles. The van der Waals surface area contributed by atoms with Gasteiger partial charge >= 0.3 is 0 Å². The predicted octanol–water partition coefficient (Wildman–Crippen LogP) is 7.09. The number of quaternary nitrogens is 1. The number of halogens is 2. The summed E-state index contributed by atoms with van der Waals surface area (Å²) in [6.07, 6.45) is 13.9. The Morgan fingerprint density at radius 3 is 2.74 bits per heavy atom. The number of hydroxylamine groups is 3. The van der Waals surface area contributed by atoms with Crippen molar-refractivity contribution in [2.75, 3.05) is 6.54 Å². The summed E-state index contributed by atoms with van der Waals surface area (Å²) in [5.41, 5.74) is 3.95. The minimum absolute atomic E-state index is 0.352. The van der Waals surface area contributed by atoms with Gasteiger partial charge in [-0.2, -0.15) is 0 Å². The molecule has 8 heteroatoms. The molecular formula is C30H28Cl2N4O2. The van der Waals surface area contributed by atoms with Crippen molar-refractivity contribution in [3.05, 3.63) is 129 Å². The molecule has 38 heavy (non-hydrogen) atoms. The minimum atomic E-state index is -0.717. The van der Waals surface area contributed by atoms with E-state index in [0.29, 0.717) is 29.0 Å². The molecule has 0 N–H and O–H groups in total. The van der Waals surface area contributed by atoms with Gasteiger partial charge in [-0.25, -0.2) is 0 Å². The second-order valence-corrected chi connectivity index (χ2v) is 11.0. The molecule has 0 bridgehead atoms. The third-order valence-electron chi connectivity index (χ3n) is 7.80. The van der Waals surface area contributed by atoms with Gasteiger partial charge in [0, 0.05) is 34.7 Å². The largest absolute Gasteiger partial charge is 0.627 e. The molecule has 3 unspecified atom stereocenters. The molecule has 3 aliphatic rings. The van der Waals surface area contributed by atoms with E-state index in [1.807, 2.05) is 72.4 Å². The Labute approximate surface area is 232 Å². The highest BCUT2D eigenvalue weighted by molar-refractivity contribution is 6.31. The molecule has 6 rings (SSSR count). The fourth-order valence-corrected chi connectivity index (χ4v) is 6.19. The van der Waals surface area contributed by atoms with Gasteiger partial charge in [-0.3, -0.25) is 0 Å². The summed E-state index contributed by atoms with van der Waals surface area (Å²) in [5, 5.41) is 24.6. The first-order chi connectivity index (χ1) is 18.4. The van der Waals surface area contributed by atoms with Gasteiger partial charge in [0.25, 0.3) is 0 Å². The van der Waals surface area contributed by atoms with Crippen molar-refractivity contribution < 1.29 is 9.38 Å². The summed E-state index contributed by atoms with van der Waals surface area (Å²) in [4.78, 5) is 0. The maximum Gasteiger partial charge on any atom is 0.166 e. The molecule has 2 aromatic carbocycles. The van der Waals surface area contributed by atoms with Crippen LogP contribution in [0, 0.1) is 5.21 Å². The summed E-state index contributed by atoms with van der Waals surface area (Å²) in [5.74, 6) is 0.676. The maximum absolute atomic E-state index is 14.7. The van der Waals surface area contributed by atoms with Gasteiger partial charge in [0.2, 0.25) is 0 Å². The monoisotopic (exact) mass is 546 g/mol. The Balaban J connectivity index is 1.47. The zero-order valence-corrected chi connectivity index (χ0v) is 22.6. The van der Waals surface area contributed by atoms with E-state index in [1.54, 1.807) is 6.33 Å². The van der Waals surface area contributed by atoms with Gasteiger partial charge in [-0.05, 0) is 66.0 Å². The van der Waals surface area contributed by atoms with E-state index in [4.69, 9.17) is 27.9 Å². The third-order valence-corrected chi connectivity index (χ3v) is 8.28. The van der Waals surface area contributed by atoms with Gasteiger partial charge in [0.1, 0.15) is 24.2 Å².